The maximum absolute atomic E-state index is 12.0. The minimum Gasteiger partial charge on any atom is -0.383 e. The lowest BCUT2D eigenvalue weighted by molar-refractivity contribution is 0.145. The number of amides is 2. The number of nitrogens with zero attached hydrogens (tertiary/aromatic N) is 6. The van der Waals surface area contributed by atoms with E-state index in [1.807, 2.05) is 29.4 Å². The second-order valence-electron chi connectivity index (χ2n) is 10.0. The average Bonchev–Trinajstić information content (AvgIpc) is 3.25. The predicted molar refractivity (Wildman–Crippen MR) is 130 cm³/mol. The second kappa shape index (κ2) is 7.53. The van der Waals surface area contributed by atoms with Gasteiger partial charge in [-0.25, -0.2) is 14.8 Å². The van der Waals surface area contributed by atoms with Crippen LogP contribution in [0.1, 0.15) is 61.6 Å². The standard InChI is InChI=1S/C25H27N9O/c26-22-20(13-1-2-13)21(15-9-16-4-5-17(10-15)33(16)25(27)35)32-24-18(12-31-34(22)24)14-3-6-19(30-11-14)23-28-7-8-29-23/h3,6-8,11-13,15-17H,1-2,4-5,9-10,26H2,(H2,27,35)(H,28,29)/t15?,16-,17?/m0/s1. The smallest absolute Gasteiger partial charge is 0.315 e. The molecule has 2 unspecified atom stereocenters. The number of pyridine rings is 1. The van der Waals surface area contributed by atoms with Gasteiger partial charge in [0.2, 0.25) is 0 Å². The molecular formula is C25H27N9O. The van der Waals surface area contributed by atoms with Crippen LogP contribution in [0.4, 0.5) is 10.6 Å². The Morgan fingerprint density at radius 2 is 1.83 bits per heavy atom. The summed E-state index contributed by atoms with van der Waals surface area (Å²) < 4.78 is 1.78. The van der Waals surface area contributed by atoms with Crippen LogP contribution in [0.5, 0.6) is 0 Å². The third-order valence-electron chi connectivity index (χ3n) is 7.93. The van der Waals surface area contributed by atoms with Crippen molar-refractivity contribution < 1.29 is 4.79 Å². The van der Waals surface area contributed by atoms with Crippen LogP contribution in [0.2, 0.25) is 0 Å². The van der Waals surface area contributed by atoms with Crippen molar-refractivity contribution in [2.24, 2.45) is 5.73 Å². The highest BCUT2D eigenvalue weighted by Gasteiger charge is 2.45. The highest BCUT2D eigenvalue weighted by atomic mass is 16.2. The number of nitrogens with two attached hydrogens (primary N) is 2. The summed E-state index contributed by atoms with van der Waals surface area (Å²) in [6, 6.07) is 4.03. The average molecular weight is 470 g/mol. The molecule has 2 bridgehead atoms. The summed E-state index contributed by atoms with van der Waals surface area (Å²) in [6.07, 6.45) is 13.2. The van der Waals surface area contributed by atoms with Gasteiger partial charge in [-0.15, -0.1) is 0 Å². The molecule has 3 aliphatic rings. The van der Waals surface area contributed by atoms with Gasteiger partial charge in [0.15, 0.2) is 11.5 Å². The number of imidazole rings is 1. The van der Waals surface area contributed by atoms with E-state index in [4.69, 9.17) is 16.5 Å². The van der Waals surface area contributed by atoms with E-state index in [9.17, 15) is 4.79 Å². The summed E-state index contributed by atoms with van der Waals surface area (Å²) in [6.45, 7) is 0. The molecule has 3 atom stereocenters. The first-order chi connectivity index (χ1) is 17.1. The number of fused-ring (bicyclic) bond motifs is 3. The summed E-state index contributed by atoms with van der Waals surface area (Å²) in [4.78, 5) is 31.1. The van der Waals surface area contributed by atoms with Crippen molar-refractivity contribution in [2.75, 3.05) is 5.73 Å². The minimum atomic E-state index is -0.301. The number of nitrogen functional groups attached to an aromatic ring is 1. The molecule has 178 valence electrons. The number of H-pyrrole nitrogens is 1. The van der Waals surface area contributed by atoms with Crippen LogP contribution in [0, 0.1) is 0 Å². The summed E-state index contributed by atoms with van der Waals surface area (Å²) in [5.74, 6) is 2.11. The van der Waals surface area contributed by atoms with Gasteiger partial charge in [0.25, 0.3) is 0 Å². The van der Waals surface area contributed by atoms with E-state index < -0.39 is 0 Å². The van der Waals surface area contributed by atoms with Gasteiger partial charge in [-0.2, -0.15) is 9.61 Å². The molecule has 2 saturated heterocycles. The molecule has 4 aromatic heterocycles. The molecule has 0 aromatic carbocycles. The summed E-state index contributed by atoms with van der Waals surface area (Å²) in [5, 5.41) is 4.61. The van der Waals surface area contributed by atoms with Crippen LogP contribution in [0.3, 0.4) is 0 Å². The molecule has 10 nitrogen and oxygen atoms in total. The van der Waals surface area contributed by atoms with Crippen LogP contribution in [0.15, 0.2) is 36.9 Å². The lowest BCUT2D eigenvalue weighted by Crippen LogP contribution is -2.48. The number of hydrogen-bond donors (Lipinski definition) is 3. The SMILES string of the molecule is NC(=O)N1C2CC[C@H]1CC(c1nc3c(-c4ccc(-c5ncc[nH]5)nc4)cnn3c(N)c1C1CC1)C2. The van der Waals surface area contributed by atoms with Gasteiger partial charge < -0.3 is 21.4 Å². The third kappa shape index (κ3) is 3.19. The Morgan fingerprint density at radius 3 is 2.46 bits per heavy atom. The van der Waals surface area contributed by atoms with Crippen molar-refractivity contribution in [3.8, 4) is 22.6 Å². The van der Waals surface area contributed by atoms with Crippen LogP contribution in [-0.4, -0.2) is 52.6 Å². The fraction of sp³-hybridized carbons (Fsp3) is 0.400. The Labute approximate surface area is 201 Å². The number of urea groups is 1. The van der Waals surface area contributed by atoms with Crippen molar-refractivity contribution in [1.82, 2.24) is 34.4 Å². The molecule has 6 heterocycles. The Kier molecular flexibility index (Phi) is 4.39. The van der Waals surface area contributed by atoms with Gasteiger partial charge in [0.1, 0.15) is 11.5 Å². The molecule has 5 N–H and O–H groups in total. The van der Waals surface area contributed by atoms with E-state index in [1.54, 1.807) is 16.9 Å². The molecule has 0 spiro atoms. The lowest BCUT2D eigenvalue weighted by Gasteiger charge is -2.38. The quantitative estimate of drug-likeness (QED) is 0.418. The zero-order valence-corrected chi connectivity index (χ0v) is 19.3. The summed E-state index contributed by atoms with van der Waals surface area (Å²) >= 11 is 0. The molecule has 0 radical (unpaired) electrons. The zero-order valence-electron chi connectivity index (χ0n) is 19.3. The number of carbonyl (C=O) groups is 1. The van der Waals surface area contributed by atoms with Gasteiger partial charge in [-0.1, -0.05) is 6.07 Å². The van der Waals surface area contributed by atoms with Crippen molar-refractivity contribution >= 4 is 17.5 Å². The van der Waals surface area contributed by atoms with Crippen molar-refractivity contribution in [1.29, 1.82) is 0 Å². The molecule has 4 aromatic rings. The van der Waals surface area contributed by atoms with Gasteiger partial charge in [0, 0.05) is 53.3 Å². The molecule has 1 saturated carbocycles. The van der Waals surface area contributed by atoms with Gasteiger partial charge in [-0.05, 0) is 50.5 Å². The maximum atomic E-state index is 12.0. The number of hydrogen-bond acceptors (Lipinski definition) is 6. The van der Waals surface area contributed by atoms with Crippen molar-refractivity contribution in [3.63, 3.8) is 0 Å². The molecule has 3 fully saturated rings. The van der Waals surface area contributed by atoms with Gasteiger partial charge >= 0.3 is 6.03 Å². The van der Waals surface area contributed by atoms with E-state index >= 15 is 0 Å². The van der Waals surface area contributed by atoms with E-state index in [2.05, 4.69) is 20.1 Å². The maximum Gasteiger partial charge on any atom is 0.315 e. The predicted octanol–water partition coefficient (Wildman–Crippen LogP) is 3.43. The Hall–Kier alpha value is -3.95. The van der Waals surface area contributed by atoms with Crippen LogP contribution < -0.4 is 11.5 Å². The number of carbonyl (C=O) groups excluding carboxylic acids is 1. The molecule has 35 heavy (non-hydrogen) atoms. The Bertz CT molecular complexity index is 1410. The number of primary amides is 1. The Morgan fingerprint density at radius 1 is 1.03 bits per heavy atom. The molecule has 10 heteroatoms. The fourth-order valence-electron chi connectivity index (χ4n) is 6.21. The van der Waals surface area contributed by atoms with Gasteiger partial charge in [0.05, 0.1) is 11.9 Å². The largest absolute Gasteiger partial charge is 0.383 e. The van der Waals surface area contributed by atoms with Crippen LogP contribution in [0.25, 0.3) is 28.3 Å². The zero-order chi connectivity index (χ0) is 23.7. The van der Waals surface area contributed by atoms with E-state index in [-0.39, 0.29) is 24.0 Å². The number of nitrogens with one attached hydrogen (secondary N) is 1. The second-order valence-corrected chi connectivity index (χ2v) is 10.0. The Balaban J connectivity index is 1.31. The normalized spacial score (nSPS) is 23.8. The summed E-state index contributed by atoms with van der Waals surface area (Å²) in [7, 11) is 0. The first-order valence-electron chi connectivity index (χ1n) is 12.3. The molecule has 2 amide bonds. The topological polar surface area (TPSA) is 144 Å². The highest BCUT2D eigenvalue weighted by Crippen LogP contribution is 2.50. The van der Waals surface area contributed by atoms with Gasteiger partial charge in [-0.3, -0.25) is 4.98 Å². The monoisotopic (exact) mass is 469 g/mol. The number of piperidine rings is 1. The molecular weight excluding hydrogens is 442 g/mol. The van der Waals surface area contributed by atoms with E-state index in [1.165, 1.54) is 0 Å². The number of rotatable bonds is 4. The van der Waals surface area contributed by atoms with E-state index in [0.29, 0.717) is 11.7 Å². The van der Waals surface area contributed by atoms with Crippen LogP contribution in [-0.2, 0) is 0 Å². The molecule has 7 rings (SSSR count). The number of aromatic nitrogens is 6. The summed E-state index contributed by atoms with van der Waals surface area (Å²) in [5.41, 5.74) is 18.0. The lowest BCUT2D eigenvalue weighted by atomic mass is 9.85. The van der Waals surface area contributed by atoms with Crippen molar-refractivity contribution in [2.45, 2.75) is 62.4 Å². The first kappa shape index (κ1) is 20.4. The first-order valence-corrected chi connectivity index (χ1v) is 12.3. The number of anilines is 1. The number of aromatic amines is 1. The van der Waals surface area contributed by atoms with E-state index in [0.717, 1.165) is 78.1 Å². The third-order valence-corrected chi connectivity index (χ3v) is 7.93. The highest BCUT2D eigenvalue weighted by molar-refractivity contribution is 5.79. The van der Waals surface area contributed by atoms with Crippen LogP contribution >= 0.6 is 0 Å². The fourth-order valence-corrected chi connectivity index (χ4v) is 6.21. The minimum absolute atomic E-state index is 0.185. The molecule has 2 aliphatic heterocycles. The molecule has 1 aliphatic carbocycles. The van der Waals surface area contributed by atoms with Crippen molar-refractivity contribution in [3.05, 3.63) is 48.2 Å².